The van der Waals surface area contributed by atoms with E-state index in [0.29, 0.717) is 5.02 Å². The van der Waals surface area contributed by atoms with Crippen LogP contribution in [0.25, 0.3) is 0 Å². The Morgan fingerprint density at radius 2 is 1.94 bits per heavy atom. The predicted molar refractivity (Wildman–Crippen MR) is 74.7 cm³/mol. The molecule has 2 atom stereocenters. The molecule has 1 N–H and O–H groups in total. The van der Waals surface area contributed by atoms with Crippen molar-refractivity contribution in [1.82, 2.24) is 5.32 Å². The molecule has 0 aliphatic heterocycles. The fraction of sp³-hybridized carbons (Fsp3) is 0.462. The molecular weight excluding hydrogens is 254 g/mol. The SMILES string of the molecule is CC[C@@H](C)NC(=O)[C@H](C)Sc1ccc(Cl)cc1. The molecule has 0 bridgehead atoms. The van der Waals surface area contributed by atoms with Crippen molar-refractivity contribution in [3.63, 3.8) is 0 Å². The van der Waals surface area contributed by atoms with Gasteiger partial charge in [-0.2, -0.15) is 0 Å². The van der Waals surface area contributed by atoms with E-state index in [1.165, 1.54) is 0 Å². The highest BCUT2D eigenvalue weighted by atomic mass is 35.5. The van der Waals surface area contributed by atoms with Crippen molar-refractivity contribution in [2.75, 3.05) is 0 Å². The summed E-state index contributed by atoms with van der Waals surface area (Å²) in [5.74, 6) is 0.0827. The van der Waals surface area contributed by atoms with Gasteiger partial charge in [-0.05, 0) is 44.5 Å². The lowest BCUT2D eigenvalue weighted by Gasteiger charge is -2.15. The molecule has 0 fully saturated rings. The number of rotatable bonds is 5. The number of halogens is 1. The van der Waals surface area contributed by atoms with Gasteiger partial charge in [-0.1, -0.05) is 18.5 Å². The minimum Gasteiger partial charge on any atom is -0.353 e. The standard InChI is InChI=1S/C13H18ClNOS/c1-4-9(2)15-13(16)10(3)17-12-7-5-11(14)6-8-12/h5-10H,4H2,1-3H3,(H,15,16)/t9-,10+/m1/s1. The first-order chi connectivity index (χ1) is 8.02. The summed E-state index contributed by atoms with van der Waals surface area (Å²) in [6.45, 7) is 5.98. The van der Waals surface area contributed by atoms with Crippen LogP contribution in [0.1, 0.15) is 27.2 Å². The Morgan fingerprint density at radius 1 is 1.35 bits per heavy atom. The van der Waals surface area contributed by atoms with Gasteiger partial charge in [-0.15, -0.1) is 11.8 Å². The van der Waals surface area contributed by atoms with E-state index < -0.39 is 0 Å². The molecule has 0 saturated carbocycles. The Morgan fingerprint density at radius 3 is 2.47 bits per heavy atom. The highest BCUT2D eigenvalue weighted by Gasteiger charge is 2.15. The summed E-state index contributed by atoms with van der Waals surface area (Å²) in [7, 11) is 0. The second kappa shape index (κ2) is 6.92. The van der Waals surface area contributed by atoms with Gasteiger partial charge in [-0.3, -0.25) is 4.79 Å². The van der Waals surface area contributed by atoms with Gasteiger partial charge in [0, 0.05) is 16.0 Å². The highest BCUT2D eigenvalue weighted by molar-refractivity contribution is 8.00. The summed E-state index contributed by atoms with van der Waals surface area (Å²) >= 11 is 7.35. The maximum absolute atomic E-state index is 11.8. The van der Waals surface area contributed by atoms with E-state index in [1.54, 1.807) is 11.8 Å². The lowest BCUT2D eigenvalue weighted by molar-refractivity contribution is -0.120. The quantitative estimate of drug-likeness (QED) is 0.827. The van der Waals surface area contributed by atoms with E-state index in [4.69, 9.17) is 11.6 Å². The maximum Gasteiger partial charge on any atom is 0.233 e. The Kier molecular flexibility index (Phi) is 5.86. The van der Waals surface area contributed by atoms with E-state index in [1.807, 2.05) is 38.1 Å². The average Bonchev–Trinajstić information content (AvgIpc) is 2.31. The van der Waals surface area contributed by atoms with Crippen molar-refractivity contribution in [3.8, 4) is 0 Å². The lowest BCUT2D eigenvalue weighted by atomic mass is 10.2. The third kappa shape index (κ3) is 5.00. The molecule has 94 valence electrons. The van der Waals surface area contributed by atoms with Crippen LogP contribution < -0.4 is 5.32 Å². The minimum atomic E-state index is -0.0924. The predicted octanol–water partition coefficient (Wildman–Crippen LogP) is 3.74. The first-order valence-electron chi connectivity index (χ1n) is 5.75. The monoisotopic (exact) mass is 271 g/mol. The molecule has 2 nitrogen and oxygen atoms in total. The molecule has 0 radical (unpaired) electrons. The van der Waals surface area contributed by atoms with Gasteiger partial charge in [0.15, 0.2) is 0 Å². The molecule has 1 aromatic carbocycles. The lowest BCUT2D eigenvalue weighted by Crippen LogP contribution is -2.37. The van der Waals surface area contributed by atoms with Crippen molar-refractivity contribution in [2.45, 2.75) is 43.4 Å². The summed E-state index contributed by atoms with van der Waals surface area (Å²) in [5.41, 5.74) is 0. The smallest absolute Gasteiger partial charge is 0.233 e. The molecule has 1 rings (SSSR count). The molecule has 0 saturated heterocycles. The first-order valence-corrected chi connectivity index (χ1v) is 7.01. The van der Waals surface area contributed by atoms with Crippen LogP contribution in [0, 0.1) is 0 Å². The van der Waals surface area contributed by atoms with Crippen LogP contribution in [0.3, 0.4) is 0 Å². The Labute approximate surface area is 112 Å². The van der Waals surface area contributed by atoms with E-state index in [0.717, 1.165) is 11.3 Å². The van der Waals surface area contributed by atoms with E-state index in [-0.39, 0.29) is 17.2 Å². The Balaban J connectivity index is 2.51. The third-order valence-corrected chi connectivity index (χ3v) is 3.86. The number of carbonyl (C=O) groups is 1. The molecule has 0 aliphatic carbocycles. The van der Waals surface area contributed by atoms with Crippen LogP contribution in [0.4, 0.5) is 0 Å². The van der Waals surface area contributed by atoms with Crippen molar-refractivity contribution >= 4 is 29.3 Å². The summed E-state index contributed by atoms with van der Waals surface area (Å²) in [4.78, 5) is 12.9. The number of nitrogens with one attached hydrogen (secondary N) is 1. The fourth-order valence-corrected chi connectivity index (χ4v) is 2.24. The van der Waals surface area contributed by atoms with Crippen molar-refractivity contribution < 1.29 is 4.79 Å². The minimum absolute atomic E-state index is 0.0827. The third-order valence-electron chi connectivity index (χ3n) is 2.50. The zero-order valence-electron chi connectivity index (χ0n) is 10.4. The molecule has 17 heavy (non-hydrogen) atoms. The molecule has 1 amide bonds. The Bertz CT molecular complexity index is 366. The number of benzene rings is 1. The molecule has 0 unspecified atom stereocenters. The highest BCUT2D eigenvalue weighted by Crippen LogP contribution is 2.24. The number of hydrogen-bond acceptors (Lipinski definition) is 2. The molecular formula is C13H18ClNOS. The zero-order valence-corrected chi connectivity index (χ0v) is 11.9. The van der Waals surface area contributed by atoms with Crippen LogP contribution in [0.5, 0.6) is 0 Å². The molecule has 4 heteroatoms. The van der Waals surface area contributed by atoms with Crippen molar-refractivity contribution in [1.29, 1.82) is 0 Å². The molecule has 1 aromatic rings. The molecule has 0 spiro atoms. The fourth-order valence-electron chi connectivity index (χ4n) is 1.23. The van der Waals surface area contributed by atoms with E-state index in [2.05, 4.69) is 12.2 Å². The summed E-state index contributed by atoms with van der Waals surface area (Å²) in [6.07, 6.45) is 0.948. The second-order valence-electron chi connectivity index (χ2n) is 4.03. The van der Waals surface area contributed by atoms with Crippen LogP contribution in [-0.2, 0) is 4.79 Å². The van der Waals surface area contributed by atoms with Gasteiger partial charge in [0.05, 0.1) is 5.25 Å². The topological polar surface area (TPSA) is 29.1 Å². The number of hydrogen-bond donors (Lipinski definition) is 1. The molecule has 0 heterocycles. The summed E-state index contributed by atoms with van der Waals surface area (Å²) in [6, 6.07) is 7.77. The normalized spacial score (nSPS) is 14.1. The van der Waals surface area contributed by atoms with Gasteiger partial charge >= 0.3 is 0 Å². The van der Waals surface area contributed by atoms with Crippen LogP contribution in [-0.4, -0.2) is 17.2 Å². The van der Waals surface area contributed by atoms with Gasteiger partial charge in [0.25, 0.3) is 0 Å². The first kappa shape index (κ1) is 14.4. The van der Waals surface area contributed by atoms with E-state index >= 15 is 0 Å². The largest absolute Gasteiger partial charge is 0.353 e. The van der Waals surface area contributed by atoms with Crippen molar-refractivity contribution in [3.05, 3.63) is 29.3 Å². The maximum atomic E-state index is 11.8. The number of thioether (sulfide) groups is 1. The Hall–Kier alpha value is -0.670. The van der Waals surface area contributed by atoms with Gasteiger partial charge in [-0.25, -0.2) is 0 Å². The van der Waals surface area contributed by atoms with Crippen LogP contribution in [0.15, 0.2) is 29.2 Å². The second-order valence-corrected chi connectivity index (χ2v) is 5.88. The van der Waals surface area contributed by atoms with Gasteiger partial charge < -0.3 is 5.32 Å². The summed E-state index contributed by atoms with van der Waals surface area (Å²) < 4.78 is 0. The summed E-state index contributed by atoms with van der Waals surface area (Å²) in [5, 5.41) is 3.60. The van der Waals surface area contributed by atoms with Gasteiger partial charge in [0.1, 0.15) is 0 Å². The zero-order chi connectivity index (χ0) is 12.8. The molecule has 0 aliphatic rings. The van der Waals surface area contributed by atoms with Gasteiger partial charge in [0.2, 0.25) is 5.91 Å². The van der Waals surface area contributed by atoms with E-state index in [9.17, 15) is 4.79 Å². The van der Waals surface area contributed by atoms with Crippen molar-refractivity contribution in [2.24, 2.45) is 0 Å². The number of carbonyl (C=O) groups excluding carboxylic acids is 1. The van der Waals surface area contributed by atoms with Crippen LogP contribution >= 0.6 is 23.4 Å². The number of amides is 1. The molecule has 0 aromatic heterocycles. The van der Waals surface area contributed by atoms with Crippen LogP contribution in [0.2, 0.25) is 5.02 Å². The average molecular weight is 272 g/mol.